The molecule has 5 heteroatoms. The molecule has 3 unspecified atom stereocenters. The van der Waals surface area contributed by atoms with Gasteiger partial charge >= 0.3 is 0 Å². The van der Waals surface area contributed by atoms with Crippen molar-refractivity contribution in [2.75, 3.05) is 0 Å². The summed E-state index contributed by atoms with van der Waals surface area (Å²) in [4.78, 5) is 41.7. The molecule has 1 heterocycles. The van der Waals surface area contributed by atoms with Crippen LogP contribution in [-0.4, -0.2) is 27.0 Å². The van der Waals surface area contributed by atoms with E-state index in [9.17, 15) is 14.4 Å². The molecular formula is C21H18N2O3. The van der Waals surface area contributed by atoms with Crippen LogP contribution in [-0.2, 0) is 0 Å². The zero-order valence-electron chi connectivity index (χ0n) is 14.3. The largest absolute Gasteiger partial charge is 0.293 e. The molecule has 0 saturated heterocycles. The number of carbonyl (C=O) groups excluding carboxylic acids is 3. The van der Waals surface area contributed by atoms with Crippen molar-refractivity contribution in [1.29, 1.82) is 0 Å². The first-order valence-electron chi connectivity index (χ1n) is 8.65. The van der Waals surface area contributed by atoms with Gasteiger partial charge in [-0.3, -0.25) is 19.0 Å². The van der Waals surface area contributed by atoms with Crippen LogP contribution in [0.15, 0.2) is 66.8 Å². The molecule has 0 spiro atoms. The molecule has 3 atom stereocenters. The minimum atomic E-state index is -0.483. The van der Waals surface area contributed by atoms with Crippen molar-refractivity contribution in [3.63, 3.8) is 0 Å². The van der Waals surface area contributed by atoms with E-state index in [0.717, 1.165) is 5.57 Å². The van der Waals surface area contributed by atoms with Crippen LogP contribution in [0.1, 0.15) is 38.9 Å². The molecule has 130 valence electrons. The highest BCUT2D eigenvalue weighted by atomic mass is 16.2. The number of fused-ring (bicyclic) bond motifs is 2. The third-order valence-corrected chi connectivity index (χ3v) is 5.16. The second kappa shape index (κ2) is 6.33. The van der Waals surface area contributed by atoms with Crippen LogP contribution < -0.4 is 0 Å². The number of rotatable bonds is 3. The molecule has 26 heavy (non-hydrogen) atoms. The van der Waals surface area contributed by atoms with E-state index in [1.807, 2.05) is 25.2 Å². The van der Waals surface area contributed by atoms with Gasteiger partial charge in [0.2, 0.25) is 5.91 Å². The van der Waals surface area contributed by atoms with Gasteiger partial charge in [-0.25, -0.2) is 4.98 Å². The summed E-state index contributed by atoms with van der Waals surface area (Å²) in [5.41, 5.74) is 1.91. The number of benzene rings is 1. The van der Waals surface area contributed by atoms with Gasteiger partial charge in [0.15, 0.2) is 11.6 Å². The Morgan fingerprint density at radius 1 is 1.15 bits per heavy atom. The summed E-state index contributed by atoms with van der Waals surface area (Å²) in [6, 6.07) is 6.98. The molecule has 1 aromatic heterocycles. The lowest BCUT2D eigenvalue weighted by molar-refractivity contribution is 0.0800. The molecule has 0 amide bonds. The Kier molecular flexibility index (Phi) is 3.99. The van der Waals surface area contributed by atoms with Gasteiger partial charge < -0.3 is 0 Å². The van der Waals surface area contributed by atoms with E-state index >= 15 is 0 Å². The van der Waals surface area contributed by atoms with Gasteiger partial charge in [0, 0.05) is 29.9 Å². The third kappa shape index (κ3) is 2.65. The lowest BCUT2D eigenvalue weighted by Gasteiger charge is -2.30. The number of hydrogen-bond acceptors (Lipinski definition) is 4. The molecule has 0 saturated carbocycles. The van der Waals surface area contributed by atoms with Crippen LogP contribution in [0.3, 0.4) is 0 Å². The normalized spacial score (nSPS) is 22.4. The van der Waals surface area contributed by atoms with E-state index in [-0.39, 0.29) is 23.4 Å². The number of ketones is 2. The first-order chi connectivity index (χ1) is 12.6. The quantitative estimate of drug-likeness (QED) is 0.854. The predicted molar refractivity (Wildman–Crippen MR) is 95.9 cm³/mol. The molecule has 0 bridgehead atoms. The Hall–Kier alpha value is -3.08. The van der Waals surface area contributed by atoms with Crippen LogP contribution in [0.5, 0.6) is 0 Å². The number of imidazole rings is 1. The molecule has 0 fully saturated rings. The van der Waals surface area contributed by atoms with Crippen molar-refractivity contribution in [3.8, 4) is 0 Å². The average Bonchev–Trinajstić information content (AvgIpc) is 3.20. The molecule has 2 aliphatic rings. The molecule has 5 nitrogen and oxygen atoms in total. The average molecular weight is 346 g/mol. The number of aromatic nitrogens is 2. The van der Waals surface area contributed by atoms with Crippen LogP contribution in [0.2, 0.25) is 0 Å². The van der Waals surface area contributed by atoms with E-state index in [2.05, 4.69) is 4.98 Å². The maximum atomic E-state index is 12.9. The molecule has 2 aliphatic carbocycles. The lowest BCUT2D eigenvalue weighted by atomic mass is 9.70. The van der Waals surface area contributed by atoms with Gasteiger partial charge in [-0.15, -0.1) is 0 Å². The molecule has 4 rings (SSSR count). The maximum Gasteiger partial charge on any atom is 0.232 e. The minimum absolute atomic E-state index is 0.0149. The number of nitrogens with zero attached hydrogens (tertiary/aromatic N) is 2. The summed E-state index contributed by atoms with van der Waals surface area (Å²) in [7, 11) is 0. The summed E-state index contributed by atoms with van der Waals surface area (Å²) >= 11 is 0. The molecule has 2 aromatic rings. The monoisotopic (exact) mass is 346 g/mol. The Labute approximate surface area is 151 Å². The number of carbonyl (C=O) groups is 3. The minimum Gasteiger partial charge on any atom is -0.293 e. The fourth-order valence-corrected chi connectivity index (χ4v) is 3.68. The molecule has 0 N–H and O–H groups in total. The van der Waals surface area contributed by atoms with Crippen molar-refractivity contribution in [2.45, 2.75) is 13.3 Å². The topological polar surface area (TPSA) is 69.0 Å². The van der Waals surface area contributed by atoms with E-state index in [1.165, 1.54) is 10.9 Å². The molecule has 0 radical (unpaired) electrons. The van der Waals surface area contributed by atoms with E-state index in [4.69, 9.17) is 0 Å². The first kappa shape index (κ1) is 16.4. The SMILES string of the molecule is CC(CC(=O)n1ccnc1)C1=CC2C(=O)c3ccccc3C(=O)C2C=C1. The van der Waals surface area contributed by atoms with Crippen LogP contribution >= 0.6 is 0 Å². The Morgan fingerprint density at radius 2 is 1.85 bits per heavy atom. The zero-order chi connectivity index (χ0) is 18.3. The maximum absolute atomic E-state index is 12.9. The van der Waals surface area contributed by atoms with Gasteiger partial charge in [0.25, 0.3) is 0 Å². The van der Waals surface area contributed by atoms with Gasteiger partial charge in [0.1, 0.15) is 6.33 Å². The number of hydrogen-bond donors (Lipinski definition) is 0. The Balaban J connectivity index is 1.59. The summed E-state index contributed by atoms with van der Waals surface area (Å²) in [6.45, 7) is 1.95. The van der Waals surface area contributed by atoms with Crippen LogP contribution in [0, 0.1) is 17.8 Å². The predicted octanol–water partition coefficient (Wildman–Crippen LogP) is 3.36. The second-order valence-corrected chi connectivity index (χ2v) is 6.82. The van der Waals surface area contributed by atoms with Gasteiger partial charge in [-0.2, -0.15) is 0 Å². The summed E-state index contributed by atoms with van der Waals surface area (Å²) < 4.78 is 1.46. The Morgan fingerprint density at radius 3 is 2.50 bits per heavy atom. The van der Waals surface area contributed by atoms with E-state index in [0.29, 0.717) is 17.5 Å². The van der Waals surface area contributed by atoms with Gasteiger partial charge in [0.05, 0.1) is 11.8 Å². The highest BCUT2D eigenvalue weighted by molar-refractivity contribution is 6.17. The second-order valence-electron chi connectivity index (χ2n) is 6.82. The van der Waals surface area contributed by atoms with Crippen LogP contribution in [0.4, 0.5) is 0 Å². The zero-order valence-corrected chi connectivity index (χ0v) is 14.3. The van der Waals surface area contributed by atoms with Crippen molar-refractivity contribution in [3.05, 3.63) is 77.9 Å². The van der Waals surface area contributed by atoms with Crippen molar-refractivity contribution < 1.29 is 14.4 Å². The molecular weight excluding hydrogens is 328 g/mol. The van der Waals surface area contributed by atoms with E-state index in [1.54, 1.807) is 36.7 Å². The standard InChI is InChI=1S/C21H18N2O3/c1-13(10-19(24)23-9-8-22-12-23)14-6-7-17-18(11-14)21(26)16-5-3-2-4-15(16)20(17)25/h2-9,11-13,17-18H,10H2,1H3. The number of allylic oxidation sites excluding steroid dienone is 4. The summed E-state index contributed by atoms with van der Waals surface area (Å²) in [5, 5.41) is 0. The van der Waals surface area contributed by atoms with Crippen LogP contribution in [0.25, 0.3) is 0 Å². The van der Waals surface area contributed by atoms with E-state index < -0.39 is 11.8 Å². The summed E-state index contributed by atoms with van der Waals surface area (Å²) in [6.07, 6.45) is 10.5. The lowest BCUT2D eigenvalue weighted by Crippen LogP contribution is -2.36. The van der Waals surface area contributed by atoms with Gasteiger partial charge in [-0.1, -0.05) is 49.4 Å². The van der Waals surface area contributed by atoms with Crippen molar-refractivity contribution >= 4 is 17.5 Å². The highest BCUT2D eigenvalue weighted by Crippen LogP contribution is 2.37. The Bertz CT molecular complexity index is 953. The fraction of sp³-hybridized carbons (Fsp3) is 0.238. The van der Waals surface area contributed by atoms with Crippen molar-refractivity contribution in [1.82, 2.24) is 9.55 Å². The smallest absolute Gasteiger partial charge is 0.232 e. The first-order valence-corrected chi connectivity index (χ1v) is 8.65. The number of Topliss-reactive ketones (excluding diaryl/α,β-unsaturated/α-hetero) is 2. The third-order valence-electron chi connectivity index (χ3n) is 5.16. The molecule has 0 aliphatic heterocycles. The van der Waals surface area contributed by atoms with Gasteiger partial charge in [-0.05, 0) is 11.5 Å². The molecule has 1 aromatic carbocycles. The van der Waals surface area contributed by atoms with Crippen molar-refractivity contribution in [2.24, 2.45) is 17.8 Å². The highest BCUT2D eigenvalue weighted by Gasteiger charge is 2.40. The summed E-state index contributed by atoms with van der Waals surface area (Å²) in [5.74, 6) is -1.08. The fourth-order valence-electron chi connectivity index (χ4n) is 3.68.